The Hall–Kier alpha value is -1.20. The van der Waals surface area contributed by atoms with Crippen molar-refractivity contribution in [2.24, 2.45) is 5.73 Å². The molecule has 1 atom stereocenters. The van der Waals surface area contributed by atoms with Gasteiger partial charge in [0.15, 0.2) is 0 Å². The van der Waals surface area contributed by atoms with Crippen molar-refractivity contribution in [2.75, 3.05) is 0 Å². The van der Waals surface area contributed by atoms with Crippen molar-refractivity contribution in [3.8, 4) is 0 Å². The summed E-state index contributed by atoms with van der Waals surface area (Å²) in [4.78, 5) is 10.8. The van der Waals surface area contributed by atoms with Gasteiger partial charge < -0.3 is 5.73 Å². The van der Waals surface area contributed by atoms with Crippen molar-refractivity contribution in [3.05, 3.63) is 33.2 Å². The summed E-state index contributed by atoms with van der Waals surface area (Å²) in [6.45, 7) is 1.85. The number of hydrogen-bond donors (Lipinski definition) is 1. The first-order chi connectivity index (χ1) is 6.09. The van der Waals surface area contributed by atoms with E-state index in [2.05, 4.69) is 0 Å². The lowest BCUT2D eigenvalue weighted by atomic mass is 10.3. The summed E-state index contributed by atoms with van der Waals surface area (Å²) in [6.07, 6.45) is 3.60. The maximum absolute atomic E-state index is 10.3. The van der Waals surface area contributed by atoms with Crippen LogP contribution < -0.4 is 5.73 Å². The molecule has 1 unspecified atom stereocenters. The zero-order valence-electron chi connectivity index (χ0n) is 7.14. The molecule has 0 fully saturated rings. The predicted octanol–water partition coefficient (Wildman–Crippen LogP) is 2.02. The first-order valence-corrected chi connectivity index (χ1v) is 4.59. The number of nitrogens with two attached hydrogens (primary N) is 1. The summed E-state index contributed by atoms with van der Waals surface area (Å²) < 4.78 is 0. The summed E-state index contributed by atoms with van der Waals surface area (Å²) in [7, 11) is 0. The third-order valence-electron chi connectivity index (χ3n) is 1.36. The van der Waals surface area contributed by atoms with E-state index in [0.29, 0.717) is 0 Å². The Kier molecular flexibility index (Phi) is 3.16. The molecule has 0 aliphatic rings. The van der Waals surface area contributed by atoms with Crippen LogP contribution in [-0.4, -0.2) is 11.0 Å². The molecule has 1 heterocycles. The van der Waals surface area contributed by atoms with Crippen molar-refractivity contribution in [3.63, 3.8) is 0 Å². The normalized spacial score (nSPS) is 13.4. The fourth-order valence-electron chi connectivity index (χ4n) is 0.777. The van der Waals surface area contributed by atoms with Gasteiger partial charge in [-0.3, -0.25) is 10.1 Å². The van der Waals surface area contributed by atoms with Gasteiger partial charge in [-0.05, 0) is 19.1 Å². The average Bonchev–Trinajstić information content (AvgIpc) is 2.48. The number of nitrogens with zero attached hydrogens (tertiary/aromatic N) is 1. The second-order valence-electron chi connectivity index (χ2n) is 2.65. The number of nitro groups is 1. The van der Waals surface area contributed by atoms with Crippen LogP contribution in [0.2, 0.25) is 0 Å². The molecule has 0 aromatic carbocycles. The topological polar surface area (TPSA) is 69.2 Å². The molecule has 1 rings (SSSR count). The zero-order chi connectivity index (χ0) is 9.84. The highest BCUT2D eigenvalue weighted by Gasteiger charge is 2.07. The summed E-state index contributed by atoms with van der Waals surface area (Å²) in [5.41, 5.74) is 5.49. The van der Waals surface area contributed by atoms with E-state index in [9.17, 15) is 10.1 Å². The van der Waals surface area contributed by atoms with E-state index in [1.165, 1.54) is 6.07 Å². The van der Waals surface area contributed by atoms with E-state index in [4.69, 9.17) is 5.73 Å². The molecule has 0 radical (unpaired) electrons. The Morgan fingerprint density at radius 2 is 2.38 bits per heavy atom. The standard InChI is InChI=1S/C8H10N2O2S/c1-6(9)2-3-7-4-5-8(13-7)10(11)12/h2-6H,9H2,1H3/b3-2+. The van der Waals surface area contributed by atoms with Gasteiger partial charge in [-0.15, -0.1) is 0 Å². The summed E-state index contributed by atoms with van der Waals surface area (Å²) >= 11 is 1.14. The number of rotatable bonds is 3. The van der Waals surface area contributed by atoms with Gasteiger partial charge in [0.1, 0.15) is 0 Å². The van der Waals surface area contributed by atoms with E-state index in [1.807, 2.05) is 6.92 Å². The van der Waals surface area contributed by atoms with Crippen molar-refractivity contribution >= 4 is 22.4 Å². The Morgan fingerprint density at radius 1 is 1.69 bits per heavy atom. The van der Waals surface area contributed by atoms with Crippen LogP contribution in [0, 0.1) is 10.1 Å². The molecule has 0 amide bonds. The minimum absolute atomic E-state index is 0.0267. The second kappa shape index (κ2) is 4.15. The molecule has 5 heteroatoms. The SMILES string of the molecule is CC(N)/C=C/c1ccc([N+](=O)[O-])s1. The van der Waals surface area contributed by atoms with Gasteiger partial charge in [0.25, 0.3) is 0 Å². The Bertz CT molecular complexity index is 331. The van der Waals surface area contributed by atoms with E-state index in [1.54, 1.807) is 18.2 Å². The highest BCUT2D eigenvalue weighted by atomic mass is 32.1. The Morgan fingerprint density at radius 3 is 2.85 bits per heavy atom. The maximum atomic E-state index is 10.3. The van der Waals surface area contributed by atoms with Crippen molar-refractivity contribution in [2.45, 2.75) is 13.0 Å². The van der Waals surface area contributed by atoms with Crippen LogP contribution in [0.3, 0.4) is 0 Å². The molecule has 0 bridgehead atoms. The molecular formula is C8H10N2O2S. The predicted molar refractivity (Wildman–Crippen MR) is 53.7 cm³/mol. The van der Waals surface area contributed by atoms with Gasteiger partial charge in [-0.25, -0.2) is 0 Å². The summed E-state index contributed by atoms with van der Waals surface area (Å²) in [5, 5.41) is 10.5. The molecule has 0 aliphatic carbocycles. The summed E-state index contributed by atoms with van der Waals surface area (Å²) in [6, 6.07) is 3.17. The third-order valence-corrected chi connectivity index (χ3v) is 2.36. The van der Waals surface area contributed by atoms with E-state index < -0.39 is 4.92 Å². The van der Waals surface area contributed by atoms with Gasteiger partial charge in [0.05, 0.1) is 4.92 Å². The third kappa shape index (κ3) is 2.96. The highest BCUT2D eigenvalue weighted by Crippen LogP contribution is 2.24. The Balaban J connectivity index is 2.75. The number of thiophene rings is 1. The van der Waals surface area contributed by atoms with Gasteiger partial charge in [-0.2, -0.15) is 0 Å². The van der Waals surface area contributed by atoms with Crippen LogP contribution in [-0.2, 0) is 0 Å². The van der Waals surface area contributed by atoms with Crippen LogP contribution in [0.25, 0.3) is 6.08 Å². The van der Waals surface area contributed by atoms with Crippen LogP contribution in [0.1, 0.15) is 11.8 Å². The van der Waals surface area contributed by atoms with Crippen LogP contribution in [0.4, 0.5) is 5.00 Å². The summed E-state index contributed by atoms with van der Waals surface area (Å²) in [5.74, 6) is 0. The van der Waals surface area contributed by atoms with Crippen LogP contribution in [0.15, 0.2) is 18.2 Å². The van der Waals surface area contributed by atoms with Crippen LogP contribution >= 0.6 is 11.3 Å². The average molecular weight is 198 g/mol. The molecule has 13 heavy (non-hydrogen) atoms. The lowest BCUT2D eigenvalue weighted by Crippen LogP contribution is -2.09. The van der Waals surface area contributed by atoms with E-state index in [-0.39, 0.29) is 11.0 Å². The monoisotopic (exact) mass is 198 g/mol. The van der Waals surface area contributed by atoms with Gasteiger partial charge in [0, 0.05) is 17.0 Å². The molecule has 1 aromatic rings. The minimum Gasteiger partial charge on any atom is -0.325 e. The molecule has 70 valence electrons. The highest BCUT2D eigenvalue weighted by molar-refractivity contribution is 7.16. The van der Waals surface area contributed by atoms with Crippen LogP contribution in [0.5, 0.6) is 0 Å². The fraction of sp³-hybridized carbons (Fsp3) is 0.250. The first kappa shape index (κ1) is 9.88. The maximum Gasteiger partial charge on any atom is 0.324 e. The smallest absolute Gasteiger partial charge is 0.324 e. The van der Waals surface area contributed by atoms with E-state index >= 15 is 0 Å². The molecular weight excluding hydrogens is 188 g/mol. The minimum atomic E-state index is -0.395. The molecule has 0 saturated heterocycles. The molecule has 0 saturated carbocycles. The molecule has 4 nitrogen and oxygen atoms in total. The van der Waals surface area contributed by atoms with Gasteiger partial charge >= 0.3 is 5.00 Å². The van der Waals surface area contributed by atoms with Gasteiger partial charge in [-0.1, -0.05) is 17.4 Å². The molecule has 0 spiro atoms. The fourth-order valence-corrected chi connectivity index (χ4v) is 1.51. The Labute approximate surface area is 79.8 Å². The zero-order valence-corrected chi connectivity index (χ0v) is 7.95. The van der Waals surface area contributed by atoms with Crippen molar-refractivity contribution in [1.82, 2.24) is 0 Å². The molecule has 2 N–H and O–H groups in total. The largest absolute Gasteiger partial charge is 0.325 e. The van der Waals surface area contributed by atoms with Crippen molar-refractivity contribution in [1.29, 1.82) is 0 Å². The first-order valence-electron chi connectivity index (χ1n) is 3.77. The van der Waals surface area contributed by atoms with Crippen molar-refractivity contribution < 1.29 is 4.92 Å². The van der Waals surface area contributed by atoms with Gasteiger partial charge in [0.2, 0.25) is 0 Å². The molecule has 0 aliphatic heterocycles. The lowest BCUT2D eigenvalue weighted by Gasteiger charge is -1.91. The quantitative estimate of drug-likeness (QED) is 0.596. The van der Waals surface area contributed by atoms with E-state index in [0.717, 1.165) is 16.2 Å². The molecule has 1 aromatic heterocycles. The second-order valence-corrected chi connectivity index (χ2v) is 3.75. The lowest BCUT2D eigenvalue weighted by molar-refractivity contribution is -0.380. The number of hydrogen-bond acceptors (Lipinski definition) is 4.